The Labute approximate surface area is 128 Å². The Bertz CT molecular complexity index is 432. The van der Waals surface area contributed by atoms with E-state index < -0.39 is 0 Å². The molecule has 1 aromatic carbocycles. The minimum atomic E-state index is 0.604. The van der Waals surface area contributed by atoms with Crippen molar-refractivity contribution in [3.05, 3.63) is 29.8 Å². The van der Waals surface area contributed by atoms with E-state index in [9.17, 15) is 0 Å². The molecule has 2 N–H and O–H groups in total. The summed E-state index contributed by atoms with van der Waals surface area (Å²) in [6.45, 7) is 5.51. The molecule has 0 atom stereocenters. The lowest BCUT2D eigenvalue weighted by Gasteiger charge is -2.13. The molecule has 21 heavy (non-hydrogen) atoms. The van der Waals surface area contributed by atoms with Gasteiger partial charge in [0.1, 0.15) is 5.75 Å². The predicted octanol–water partition coefficient (Wildman–Crippen LogP) is 1.70. The number of rotatable bonds is 8. The Morgan fingerprint density at radius 2 is 2.00 bits per heavy atom. The van der Waals surface area contributed by atoms with Crippen LogP contribution in [0.5, 0.6) is 5.75 Å². The molecule has 5 nitrogen and oxygen atoms in total. The van der Waals surface area contributed by atoms with Crippen molar-refractivity contribution in [3.63, 3.8) is 0 Å². The van der Waals surface area contributed by atoms with E-state index in [2.05, 4.69) is 41.5 Å². The van der Waals surface area contributed by atoms with Gasteiger partial charge in [-0.2, -0.15) is 0 Å². The molecule has 0 aromatic heterocycles. The van der Waals surface area contributed by atoms with E-state index in [1.807, 2.05) is 24.3 Å². The zero-order valence-corrected chi connectivity index (χ0v) is 13.6. The van der Waals surface area contributed by atoms with Crippen LogP contribution in [0.4, 0.5) is 0 Å². The lowest BCUT2D eigenvalue weighted by atomic mass is 10.2. The first kappa shape index (κ1) is 17.3. The van der Waals surface area contributed by atoms with Gasteiger partial charge in [0.25, 0.3) is 0 Å². The molecule has 0 radical (unpaired) electrons. The predicted molar refractivity (Wildman–Crippen MR) is 89.0 cm³/mol. The van der Waals surface area contributed by atoms with E-state index >= 15 is 0 Å². The second-order valence-corrected chi connectivity index (χ2v) is 5.09. The van der Waals surface area contributed by atoms with Crippen LogP contribution in [0.25, 0.3) is 0 Å². The molecule has 118 valence electrons. The zero-order valence-electron chi connectivity index (χ0n) is 13.6. The highest BCUT2D eigenvalue weighted by Crippen LogP contribution is 2.17. The summed E-state index contributed by atoms with van der Waals surface area (Å²) >= 11 is 0. The van der Waals surface area contributed by atoms with Gasteiger partial charge < -0.3 is 20.3 Å². The summed E-state index contributed by atoms with van der Waals surface area (Å²) in [6, 6.07) is 7.97. The number of methoxy groups -OCH3 is 1. The lowest BCUT2D eigenvalue weighted by molar-refractivity contribution is 0.399. The molecule has 0 aliphatic carbocycles. The molecular formula is C16H28N4O. The minimum Gasteiger partial charge on any atom is -0.496 e. The highest BCUT2D eigenvalue weighted by atomic mass is 16.5. The molecule has 0 amide bonds. The molecule has 0 aliphatic rings. The average Bonchev–Trinajstić information content (AvgIpc) is 2.49. The van der Waals surface area contributed by atoms with Gasteiger partial charge in [0.15, 0.2) is 5.96 Å². The van der Waals surface area contributed by atoms with Crippen LogP contribution in [0, 0.1) is 0 Å². The third kappa shape index (κ3) is 6.99. The first-order valence-corrected chi connectivity index (χ1v) is 7.46. The topological polar surface area (TPSA) is 48.9 Å². The molecular weight excluding hydrogens is 264 g/mol. The summed E-state index contributed by atoms with van der Waals surface area (Å²) in [6.07, 6.45) is 1.09. The summed E-state index contributed by atoms with van der Waals surface area (Å²) in [4.78, 5) is 6.79. The first-order valence-electron chi connectivity index (χ1n) is 7.46. The van der Waals surface area contributed by atoms with Gasteiger partial charge in [0.05, 0.1) is 13.7 Å². The normalized spacial score (nSPS) is 11.6. The molecule has 0 spiro atoms. The van der Waals surface area contributed by atoms with Crippen LogP contribution in [0.1, 0.15) is 18.9 Å². The largest absolute Gasteiger partial charge is 0.496 e. The van der Waals surface area contributed by atoms with Gasteiger partial charge in [-0.1, -0.05) is 18.2 Å². The number of aliphatic imine (C=N–C) groups is 1. The van der Waals surface area contributed by atoms with Crippen molar-refractivity contribution in [2.45, 2.75) is 19.9 Å². The standard InChI is InChI=1S/C16H28N4O/c1-5-17-16(18-11-8-12-20(2)3)19-13-14-9-6-7-10-15(14)21-4/h6-7,9-10H,5,8,11-13H2,1-4H3,(H2,17,18,19). The van der Waals surface area contributed by atoms with Gasteiger partial charge in [-0.25, -0.2) is 4.99 Å². The van der Waals surface area contributed by atoms with Crippen molar-refractivity contribution in [3.8, 4) is 5.75 Å². The number of guanidine groups is 1. The van der Waals surface area contributed by atoms with Crippen LogP contribution in [0.15, 0.2) is 29.3 Å². The maximum absolute atomic E-state index is 5.35. The molecule has 0 heterocycles. The van der Waals surface area contributed by atoms with E-state index in [0.717, 1.165) is 43.3 Å². The van der Waals surface area contributed by atoms with E-state index in [-0.39, 0.29) is 0 Å². The van der Waals surface area contributed by atoms with Gasteiger partial charge in [0.2, 0.25) is 0 Å². The fraction of sp³-hybridized carbons (Fsp3) is 0.562. The number of hydrogen-bond acceptors (Lipinski definition) is 3. The van der Waals surface area contributed by atoms with Crippen molar-refractivity contribution >= 4 is 5.96 Å². The van der Waals surface area contributed by atoms with Crippen molar-refractivity contribution in [1.82, 2.24) is 15.5 Å². The molecule has 1 aromatic rings. The number of hydrogen-bond donors (Lipinski definition) is 2. The van der Waals surface area contributed by atoms with E-state index in [0.29, 0.717) is 6.54 Å². The van der Waals surface area contributed by atoms with E-state index in [1.54, 1.807) is 7.11 Å². The second kappa shape index (κ2) is 10.0. The Balaban J connectivity index is 2.54. The van der Waals surface area contributed by atoms with Crippen LogP contribution >= 0.6 is 0 Å². The Morgan fingerprint density at radius 3 is 2.67 bits per heavy atom. The molecule has 0 fully saturated rings. The molecule has 0 bridgehead atoms. The van der Waals surface area contributed by atoms with Crippen molar-refractivity contribution < 1.29 is 4.74 Å². The number of benzene rings is 1. The average molecular weight is 292 g/mol. The lowest BCUT2D eigenvalue weighted by Crippen LogP contribution is -2.38. The van der Waals surface area contributed by atoms with Crippen LogP contribution < -0.4 is 15.4 Å². The van der Waals surface area contributed by atoms with Gasteiger partial charge in [-0.15, -0.1) is 0 Å². The number of nitrogens with one attached hydrogen (secondary N) is 2. The molecule has 1 rings (SSSR count). The van der Waals surface area contributed by atoms with Gasteiger partial charge >= 0.3 is 0 Å². The minimum absolute atomic E-state index is 0.604. The third-order valence-corrected chi connectivity index (χ3v) is 3.02. The zero-order chi connectivity index (χ0) is 15.5. The summed E-state index contributed by atoms with van der Waals surface area (Å²) in [5, 5.41) is 6.62. The fourth-order valence-electron chi connectivity index (χ4n) is 1.94. The quantitative estimate of drug-likeness (QED) is 0.435. The smallest absolute Gasteiger partial charge is 0.191 e. The summed E-state index contributed by atoms with van der Waals surface area (Å²) < 4.78 is 5.35. The van der Waals surface area contributed by atoms with Crippen molar-refractivity contribution in [1.29, 1.82) is 0 Å². The Kier molecular flexibility index (Phi) is 8.28. The first-order chi connectivity index (χ1) is 10.2. The number of ether oxygens (including phenoxy) is 1. The molecule has 0 saturated carbocycles. The van der Waals surface area contributed by atoms with E-state index in [4.69, 9.17) is 4.74 Å². The highest BCUT2D eigenvalue weighted by molar-refractivity contribution is 5.79. The number of para-hydroxylation sites is 1. The van der Waals surface area contributed by atoms with E-state index in [1.165, 1.54) is 0 Å². The third-order valence-electron chi connectivity index (χ3n) is 3.02. The molecule has 0 unspecified atom stereocenters. The van der Waals surface area contributed by atoms with Gasteiger partial charge in [-0.3, -0.25) is 0 Å². The van der Waals surface area contributed by atoms with Crippen LogP contribution in [-0.2, 0) is 6.54 Å². The summed E-state index contributed by atoms with van der Waals surface area (Å²) in [5.74, 6) is 1.73. The maximum atomic E-state index is 5.35. The monoisotopic (exact) mass is 292 g/mol. The van der Waals surface area contributed by atoms with Crippen LogP contribution in [0.3, 0.4) is 0 Å². The molecule has 5 heteroatoms. The summed E-state index contributed by atoms with van der Waals surface area (Å²) in [7, 11) is 5.86. The second-order valence-electron chi connectivity index (χ2n) is 5.09. The fourth-order valence-corrected chi connectivity index (χ4v) is 1.94. The van der Waals surface area contributed by atoms with Crippen molar-refractivity contribution in [2.24, 2.45) is 4.99 Å². The summed E-state index contributed by atoms with van der Waals surface area (Å²) in [5.41, 5.74) is 1.09. The maximum Gasteiger partial charge on any atom is 0.191 e. The molecule has 0 aliphatic heterocycles. The SMILES string of the molecule is CCNC(=NCc1ccccc1OC)NCCCN(C)C. The highest BCUT2D eigenvalue weighted by Gasteiger charge is 2.02. The van der Waals surface area contributed by atoms with Crippen LogP contribution in [0.2, 0.25) is 0 Å². The van der Waals surface area contributed by atoms with Crippen LogP contribution in [-0.4, -0.2) is 51.7 Å². The van der Waals surface area contributed by atoms with Crippen molar-refractivity contribution in [2.75, 3.05) is 40.8 Å². The Morgan fingerprint density at radius 1 is 1.24 bits per heavy atom. The molecule has 0 saturated heterocycles. The Hall–Kier alpha value is -1.75. The van der Waals surface area contributed by atoms with Gasteiger partial charge in [-0.05, 0) is 40.1 Å². The number of nitrogens with zero attached hydrogens (tertiary/aromatic N) is 2. The van der Waals surface area contributed by atoms with Gasteiger partial charge in [0, 0.05) is 18.7 Å².